The first kappa shape index (κ1) is 13.2. The summed E-state index contributed by atoms with van der Waals surface area (Å²) in [5.41, 5.74) is 6.16. The average molecular weight is 234 g/mol. The molecule has 0 aliphatic carbocycles. The molecule has 0 spiro atoms. The van der Waals surface area contributed by atoms with Crippen LogP contribution in [0.2, 0.25) is 0 Å². The number of nitrogens with one attached hydrogen (secondary N) is 1. The fourth-order valence-corrected chi connectivity index (χ4v) is 1.65. The number of hydrogen-bond acceptors (Lipinski definition) is 2. The van der Waals surface area contributed by atoms with Gasteiger partial charge in [0.1, 0.15) is 5.92 Å². The van der Waals surface area contributed by atoms with Gasteiger partial charge in [-0.3, -0.25) is 9.59 Å². The van der Waals surface area contributed by atoms with E-state index in [4.69, 9.17) is 5.73 Å². The second-order valence-corrected chi connectivity index (χ2v) is 4.00. The summed E-state index contributed by atoms with van der Waals surface area (Å²) in [6.07, 6.45) is 0.419. The van der Waals surface area contributed by atoms with Gasteiger partial charge in [0, 0.05) is 0 Å². The van der Waals surface area contributed by atoms with Gasteiger partial charge in [0.2, 0.25) is 11.8 Å². The fourth-order valence-electron chi connectivity index (χ4n) is 1.65. The molecule has 1 aromatic carbocycles. The van der Waals surface area contributed by atoms with Crippen molar-refractivity contribution in [3.63, 3.8) is 0 Å². The van der Waals surface area contributed by atoms with Crippen LogP contribution in [0.15, 0.2) is 30.3 Å². The molecule has 0 aromatic heterocycles. The molecule has 4 nitrogen and oxygen atoms in total. The number of primary amides is 1. The Morgan fingerprint density at radius 1 is 1.29 bits per heavy atom. The Labute approximate surface area is 101 Å². The third-order valence-electron chi connectivity index (χ3n) is 2.73. The first-order chi connectivity index (χ1) is 8.06. The Balaban J connectivity index is 2.66. The van der Waals surface area contributed by atoms with Gasteiger partial charge in [0.15, 0.2) is 0 Å². The Hall–Kier alpha value is -1.84. The third kappa shape index (κ3) is 3.59. The molecule has 0 aliphatic heterocycles. The zero-order valence-corrected chi connectivity index (χ0v) is 10.1. The van der Waals surface area contributed by atoms with E-state index in [2.05, 4.69) is 5.32 Å². The van der Waals surface area contributed by atoms with Gasteiger partial charge < -0.3 is 11.1 Å². The number of amides is 2. The summed E-state index contributed by atoms with van der Waals surface area (Å²) < 4.78 is 0. The Morgan fingerprint density at radius 2 is 1.88 bits per heavy atom. The Bertz CT molecular complexity index is 390. The number of rotatable bonds is 5. The van der Waals surface area contributed by atoms with Crippen molar-refractivity contribution in [1.29, 1.82) is 0 Å². The molecule has 92 valence electrons. The van der Waals surface area contributed by atoms with Crippen LogP contribution < -0.4 is 11.1 Å². The smallest absolute Gasteiger partial charge is 0.233 e. The minimum atomic E-state index is -0.749. The highest BCUT2D eigenvalue weighted by molar-refractivity contribution is 5.99. The van der Waals surface area contributed by atoms with Gasteiger partial charge in [-0.1, -0.05) is 37.3 Å². The average Bonchev–Trinajstić information content (AvgIpc) is 2.30. The molecule has 0 heterocycles. The topological polar surface area (TPSA) is 72.2 Å². The molecule has 2 amide bonds. The van der Waals surface area contributed by atoms with Gasteiger partial charge in [-0.25, -0.2) is 0 Å². The minimum absolute atomic E-state index is 0.128. The second kappa shape index (κ2) is 6.03. The van der Waals surface area contributed by atoms with E-state index in [0.29, 0.717) is 6.42 Å². The lowest BCUT2D eigenvalue weighted by Gasteiger charge is -2.17. The molecule has 0 bridgehead atoms. The number of nitrogens with two attached hydrogens (primary N) is 1. The highest BCUT2D eigenvalue weighted by atomic mass is 16.2. The van der Waals surface area contributed by atoms with E-state index in [1.807, 2.05) is 37.3 Å². The van der Waals surface area contributed by atoms with Gasteiger partial charge >= 0.3 is 0 Å². The monoisotopic (exact) mass is 234 g/mol. The van der Waals surface area contributed by atoms with Crippen LogP contribution in [0.1, 0.15) is 31.9 Å². The van der Waals surface area contributed by atoms with Crippen LogP contribution in [0, 0.1) is 5.92 Å². The van der Waals surface area contributed by atoms with Crippen LogP contribution in [0.25, 0.3) is 0 Å². The predicted octanol–water partition coefficient (Wildman–Crippen LogP) is 1.38. The fraction of sp³-hybridized carbons (Fsp3) is 0.385. The van der Waals surface area contributed by atoms with Gasteiger partial charge in [0.25, 0.3) is 0 Å². The van der Waals surface area contributed by atoms with Crippen molar-refractivity contribution < 1.29 is 9.59 Å². The van der Waals surface area contributed by atoms with Crippen LogP contribution in [-0.2, 0) is 9.59 Å². The summed E-state index contributed by atoms with van der Waals surface area (Å²) in [5, 5.41) is 2.79. The quantitative estimate of drug-likeness (QED) is 0.755. The minimum Gasteiger partial charge on any atom is -0.369 e. The molecule has 0 aliphatic rings. The van der Waals surface area contributed by atoms with Crippen molar-refractivity contribution in [2.75, 3.05) is 0 Å². The zero-order chi connectivity index (χ0) is 12.8. The molecule has 0 saturated carbocycles. The summed E-state index contributed by atoms with van der Waals surface area (Å²) in [7, 11) is 0. The largest absolute Gasteiger partial charge is 0.369 e. The zero-order valence-electron chi connectivity index (χ0n) is 10.1. The highest BCUT2D eigenvalue weighted by Gasteiger charge is 2.23. The van der Waals surface area contributed by atoms with Crippen LogP contribution in [0.4, 0.5) is 0 Å². The maximum absolute atomic E-state index is 11.8. The lowest BCUT2D eigenvalue weighted by molar-refractivity contribution is -0.134. The van der Waals surface area contributed by atoms with Gasteiger partial charge in [-0.05, 0) is 18.9 Å². The maximum Gasteiger partial charge on any atom is 0.233 e. The van der Waals surface area contributed by atoms with Crippen molar-refractivity contribution >= 4 is 11.8 Å². The SMILES string of the molecule is CC[C@@H](C(N)=O)C(=O)N[C@@H](C)c1ccccc1. The molecule has 2 atom stereocenters. The summed E-state index contributed by atoms with van der Waals surface area (Å²) in [6, 6.07) is 9.45. The van der Waals surface area contributed by atoms with E-state index in [1.165, 1.54) is 0 Å². The summed E-state index contributed by atoms with van der Waals surface area (Å²) in [6.45, 7) is 3.64. The highest BCUT2D eigenvalue weighted by Crippen LogP contribution is 2.12. The first-order valence-electron chi connectivity index (χ1n) is 5.71. The van der Waals surface area contributed by atoms with Gasteiger partial charge in [-0.15, -0.1) is 0 Å². The number of benzene rings is 1. The molecule has 0 unspecified atom stereocenters. The Morgan fingerprint density at radius 3 is 2.35 bits per heavy atom. The molecule has 3 N–H and O–H groups in total. The van der Waals surface area contributed by atoms with Crippen molar-refractivity contribution in [2.45, 2.75) is 26.3 Å². The van der Waals surface area contributed by atoms with E-state index in [0.717, 1.165) is 5.56 Å². The van der Waals surface area contributed by atoms with Crippen molar-refractivity contribution in [2.24, 2.45) is 11.7 Å². The van der Waals surface area contributed by atoms with Crippen LogP contribution >= 0.6 is 0 Å². The summed E-state index contributed by atoms with van der Waals surface area (Å²) in [5.74, 6) is -1.64. The third-order valence-corrected chi connectivity index (χ3v) is 2.73. The van der Waals surface area contributed by atoms with Crippen LogP contribution in [0.3, 0.4) is 0 Å². The summed E-state index contributed by atoms with van der Waals surface area (Å²) >= 11 is 0. The van der Waals surface area contributed by atoms with E-state index < -0.39 is 11.8 Å². The van der Waals surface area contributed by atoms with E-state index in [9.17, 15) is 9.59 Å². The lowest BCUT2D eigenvalue weighted by Crippen LogP contribution is -2.39. The number of carbonyl (C=O) groups is 2. The normalized spacial score (nSPS) is 13.8. The van der Waals surface area contributed by atoms with Gasteiger partial charge in [-0.2, -0.15) is 0 Å². The molecular formula is C13H18N2O2. The second-order valence-electron chi connectivity index (χ2n) is 4.00. The molecule has 0 fully saturated rings. The van der Waals surface area contributed by atoms with Crippen molar-refractivity contribution in [3.05, 3.63) is 35.9 Å². The van der Waals surface area contributed by atoms with Crippen LogP contribution in [-0.4, -0.2) is 11.8 Å². The molecule has 0 saturated heterocycles. The standard InChI is InChI=1S/C13H18N2O2/c1-3-11(12(14)16)13(17)15-9(2)10-7-5-4-6-8-10/h4-9,11H,3H2,1-2H3,(H2,14,16)(H,15,17)/t9-,11-/m0/s1. The number of carbonyl (C=O) groups excluding carboxylic acids is 2. The molecule has 1 rings (SSSR count). The van der Waals surface area contributed by atoms with Crippen LogP contribution in [0.5, 0.6) is 0 Å². The molecule has 17 heavy (non-hydrogen) atoms. The van der Waals surface area contributed by atoms with E-state index in [-0.39, 0.29) is 11.9 Å². The van der Waals surface area contributed by atoms with Gasteiger partial charge in [0.05, 0.1) is 6.04 Å². The predicted molar refractivity (Wildman–Crippen MR) is 66.0 cm³/mol. The molecule has 0 radical (unpaired) electrons. The first-order valence-corrected chi connectivity index (χ1v) is 5.71. The summed E-state index contributed by atoms with van der Waals surface area (Å²) in [4.78, 5) is 22.8. The molecule has 4 heteroatoms. The van der Waals surface area contributed by atoms with E-state index in [1.54, 1.807) is 6.92 Å². The lowest BCUT2D eigenvalue weighted by atomic mass is 10.0. The van der Waals surface area contributed by atoms with Crippen molar-refractivity contribution in [3.8, 4) is 0 Å². The van der Waals surface area contributed by atoms with Crippen molar-refractivity contribution in [1.82, 2.24) is 5.32 Å². The maximum atomic E-state index is 11.8. The molecular weight excluding hydrogens is 216 g/mol. The Kier molecular flexibility index (Phi) is 4.69. The number of hydrogen-bond donors (Lipinski definition) is 2. The van der Waals surface area contributed by atoms with E-state index >= 15 is 0 Å². The molecule has 1 aromatic rings.